The highest BCUT2D eigenvalue weighted by atomic mass is 32.2. The number of nitrogens with two attached hydrogens (primary N) is 1. The van der Waals surface area contributed by atoms with Crippen molar-refractivity contribution < 1.29 is 8.42 Å². The monoisotopic (exact) mass is 178 g/mol. The Morgan fingerprint density at radius 2 is 2.18 bits per heavy atom. The lowest BCUT2D eigenvalue weighted by atomic mass is 10.5. The Kier molecular flexibility index (Phi) is 2.51. The van der Waals surface area contributed by atoms with E-state index in [1.165, 1.54) is 0 Å². The summed E-state index contributed by atoms with van der Waals surface area (Å²) in [7, 11) is -3.08. The van der Waals surface area contributed by atoms with E-state index in [4.69, 9.17) is 5.73 Å². The third-order valence-electron chi connectivity index (χ3n) is 1.83. The van der Waals surface area contributed by atoms with Gasteiger partial charge in [-0.2, -0.15) is 0 Å². The third-order valence-corrected chi connectivity index (χ3v) is 3.26. The molecule has 1 saturated carbocycles. The quantitative estimate of drug-likeness (QED) is 0.596. The molecule has 0 aliphatic heterocycles. The maximum absolute atomic E-state index is 11.0. The van der Waals surface area contributed by atoms with Crippen molar-refractivity contribution in [2.24, 2.45) is 11.7 Å². The molecular formula is C6H14N2O2S. The number of nitrogens with one attached hydrogen (secondary N) is 1. The molecule has 2 unspecified atom stereocenters. The van der Waals surface area contributed by atoms with Crippen LogP contribution in [0.1, 0.15) is 13.3 Å². The van der Waals surface area contributed by atoms with Gasteiger partial charge in [-0.15, -0.1) is 0 Å². The van der Waals surface area contributed by atoms with E-state index in [0.717, 1.165) is 6.42 Å². The van der Waals surface area contributed by atoms with E-state index in [-0.39, 0.29) is 18.3 Å². The topological polar surface area (TPSA) is 72.2 Å². The first kappa shape index (κ1) is 8.96. The number of sulfonamides is 1. The maximum Gasteiger partial charge on any atom is 0.213 e. The Labute approximate surface area is 67.2 Å². The van der Waals surface area contributed by atoms with E-state index in [0.29, 0.717) is 5.92 Å². The zero-order valence-electron chi connectivity index (χ0n) is 6.58. The first-order valence-corrected chi connectivity index (χ1v) is 5.40. The first-order chi connectivity index (χ1) is 5.05. The van der Waals surface area contributed by atoms with Crippen molar-refractivity contribution in [3.05, 3.63) is 0 Å². The second-order valence-electron chi connectivity index (χ2n) is 3.04. The average molecular weight is 178 g/mol. The van der Waals surface area contributed by atoms with Gasteiger partial charge in [0.25, 0.3) is 0 Å². The maximum atomic E-state index is 11.0. The van der Waals surface area contributed by atoms with Gasteiger partial charge in [0.15, 0.2) is 0 Å². The first-order valence-electron chi connectivity index (χ1n) is 3.75. The van der Waals surface area contributed by atoms with Gasteiger partial charge in [0.2, 0.25) is 10.0 Å². The van der Waals surface area contributed by atoms with Gasteiger partial charge >= 0.3 is 0 Å². The number of hydrogen-bond donors (Lipinski definition) is 2. The SMILES string of the molecule is CC1CC1NS(=O)(=O)CCN. The summed E-state index contributed by atoms with van der Waals surface area (Å²) >= 11 is 0. The third kappa shape index (κ3) is 2.76. The molecule has 0 aromatic carbocycles. The molecule has 1 aliphatic rings. The van der Waals surface area contributed by atoms with E-state index in [1.807, 2.05) is 6.92 Å². The molecule has 0 bridgehead atoms. The summed E-state index contributed by atoms with van der Waals surface area (Å²) in [6.45, 7) is 2.21. The summed E-state index contributed by atoms with van der Waals surface area (Å²) < 4.78 is 24.6. The molecule has 0 spiro atoms. The van der Waals surface area contributed by atoms with Gasteiger partial charge < -0.3 is 5.73 Å². The number of hydrogen-bond acceptors (Lipinski definition) is 3. The molecule has 66 valence electrons. The van der Waals surface area contributed by atoms with Crippen LogP contribution in [0.3, 0.4) is 0 Å². The minimum absolute atomic E-state index is 0.0379. The van der Waals surface area contributed by atoms with Crippen LogP contribution >= 0.6 is 0 Å². The summed E-state index contributed by atoms with van der Waals surface area (Å²) in [4.78, 5) is 0. The van der Waals surface area contributed by atoms with Crippen molar-refractivity contribution in [1.29, 1.82) is 0 Å². The van der Waals surface area contributed by atoms with E-state index in [9.17, 15) is 8.42 Å². The average Bonchev–Trinajstić information content (AvgIpc) is 2.44. The predicted octanol–water partition coefficient (Wildman–Crippen LogP) is -0.727. The summed E-state index contributed by atoms with van der Waals surface area (Å²) in [5.41, 5.74) is 5.13. The van der Waals surface area contributed by atoms with Gasteiger partial charge in [0.05, 0.1) is 5.75 Å². The second-order valence-corrected chi connectivity index (χ2v) is 4.92. The Balaban J connectivity index is 2.35. The largest absolute Gasteiger partial charge is 0.329 e. The van der Waals surface area contributed by atoms with Crippen LogP contribution in [0.25, 0.3) is 0 Å². The van der Waals surface area contributed by atoms with E-state index >= 15 is 0 Å². The van der Waals surface area contributed by atoms with Gasteiger partial charge in [-0.3, -0.25) is 0 Å². The Hall–Kier alpha value is -0.130. The van der Waals surface area contributed by atoms with E-state index in [2.05, 4.69) is 4.72 Å². The highest BCUT2D eigenvalue weighted by molar-refractivity contribution is 7.89. The molecule has 1 rings (SSSR count). The zero-order chi connectivity index (χ0) is 8.48. The van der Waals surface area contributed by atoms with Crippen LogP contribution in [0.5, 0.6) is 0 Å². The molecule has 11 heavy (non-hydrogen) atoms. The highest BCUT2D eigenvalue weighted by Gasteiger charge is 2.35. The summed E-state index contributed by atoms with van der Waals surface area (Å²) in [5, 5.41) is 0. The van der Waals surface area contributed by atoms with Crippen molar-refractivity contribution in [2.45, 2.75) is 19.4 Å². The predicted molar refractivity (Wildman–Crippen MR) is 43.5 cm³/mol. The van der Waals surface area contributed by atoms with Crippen LogP contribution in [0.4, 0.5) is 0 Å². The van der Waals surface area contributed by atoms with Crippen molar-refractivity contribution in [3.63, 3.8) is 0 Å². The molecule has 3 N–H and O–H groups in total. The van der Waals surface area contributed by atoms with Crippen molar-refractivity contribution >= 4 is 10.0 Å². The molecule has 5 heteroatoms. The van der Waals surface area contributed by atoms with Crippen LogP contribution in [0.15, 0.2) is 0 Å². The molecule has 0 aromatic rings. The van der Waals surface area contributed by atoms with Crippen LogP contribution in [0, 0.1) is 5.92 Å². The van der Waals surface area contributed by atoms with Crippen molar-refractivity contribution in [1.82, 2.24) is 4.72 Å². The van der Waals surface area contributed by atoms with Crippen molar-refractivity contribution in [2.75, 3.05) is 12.3 Å². The fourth-order valence-corrected chi connectivity index (χ4v) is 2.15. The molecular weight excluding hydrogens is 164 g/mol. The van der Waals surface area contributed by atoms with E-state index < -0.39 is 10.0 Å². The molecule has 0 aromatic heterocycles. The summed E-state index contributed by atoms with van der Waals surface area (Å²) in [6, 6.07) is 0.173. The Morgan fingerprint density at radius 1 is 1.64 bits per heavy atom. The van der Waals surface area contributed by atoms with E-state index in [1.54, 1.807) is 0 Å². The van der Waals surface area contributed by atoms with Crippen LogP contribution in [0.2, 0.25) is 0 Å². The highest BCUT2D eigenvalue weighted by Crippen LogP contribution is 2.29. The Bertz CT molecular complexity index is 225. The van der Waals surface area contributed by atoms with Crippen LogP contribution < -0.4 is 10.5 Å². The molecule has 2 atom stereocenters. The van der Waals surface area contributed by atoms with Gasteiger partial charge in [0.1, 0.15) is 0 Å². The van der Waals surface area contributed by atoms with Crippen LogP contribution in [-0.2, 0) is 10.0 Å². The van der Waals surface area contributed by atoms with Crippen LogP contribution in [-0.4, -0.2) is 26.8 Å². The lowest BCUT2D eigenvalue weighted by molar-refractivity contribution is 0.578. The Morgan fingerprint density at radius 3 is 2.55 bits per heavy atom. The minimum Gasteiger partial charge on any atom is -0.329 e. The van der Waals surface area contributed by atoms with Gasteiger partial charge in [-0.1, -0.05) is 6.92 Å². The van der Waals surface area contributed by atoms with Gasteiger partial charge in [-0.25, -0.2) is 13.1 Å². The molecule has 1 aliphatic carbocycles. The fourth-order valence-electron chi connectivity index (χ4n) is 0.931. The standard InChI is InChI=1S/C6H14N2O2S/c1-5-4-6(5)8-11(9,10)3-2-7/h5-6,8H,2-4,7H2,1H3. The molecule has 1 fully saturated rings. The molecule has 0 amide bonds. The lowest BCUT2D eigenvalue weighted by Gasteiger charge is -2.02. The summed E-state index contributed by atoms with van der Waals surface area (Å²) in [6.07, 6.45) is 0.962. The number of rotatable bonds is 4. The molecule has 0 radical (unpaired) electrons. The second kappa shape index (κ2) is 3.08. The minimum atomic E-state index is -3.08. The molecule has 4 nitrogen and oxygen atoms in total. The van der Waals surface area contributed by atoms with Gasteiger partial charge in [0, 0.05) is 12.6 Å². The smallest absolute Gasteiger partial charge is 0.213 e. The normalized spacial score (nSPS) is 30.4. The molecule has 0 heterocycles. The van der Waals surface area contributed by atoms with Gasteiger partial charge in [-0.05, 0) is 12.3 Å². The molecule has 0 saturated heterocycles. The zero-order valence-corrected chi connectivity index (χ0v) is 7.39. The lowest BCUT2D eigenvalue weighted by Crippen LogP contribution is -2.32. The summed E-state index contributed by atoms with van der Waals surface area (Å²) in [5.74, 6) is 0.540. The van der Waals surface area contributed by atoms with Crippen molar-refractivity contribution in [3.8, 4) is 0 Å². The fraction of sp³-hybridized carbons (Fsp3) is 1.00.